The number of ether oxygens (including phenoxy) is 4. The fourth-order valence-electron chi connectivity index (χ4n) is 13.3. The van der Waals surface area contributed by atoms with Crippen molar-refractivity contribution in [3.05, 3.63) is 11.6 Å². The van der Waals surface area contributed by atoms with E-state index < -0.39 is 126 Å². The standard InChI is InChI=1S/C42H66O16/c1-37(2)13-15-42(36(54)58-34-31(50)29(48)27(46)21(57-34)18-55-33-30(49)28(47)26(45)20(17-43)56-33)16-14-39(4)19(25(42)32(37)51)7-8-22-38(3)11-10-24(44)41(6,35(52)53)23(38)9-12-40(22,39)5/h7,20-34,43-51H,8-18H2,1-6H3,(H,52,53). The minimum atomic E-state index is -1.87. The van der Waals surface area contributed by atoms with Crippen molar-refractivity contribution in [2.24, 2.45) is 50.2 Å². The van der Waals surface area contributed by atoms with E-state index in [0.717, 1.165) is 5.57 Å². The Balaban J connectivity index is 1.16. The molecule has 20 unspecified atom stereocenters. The lowest BCUT2D eigenvalue weighted by Crippen LogP contribution is -2.68. The van der Waals surface area contributed by atoms with E-state index in [4.69, 9.17) is 18.9 Å². The Morgan fingerprint density at radius 1 is 0.724 bits per heavy atom. The molecule has 10 N–H and O–H groups in total. The average molecular weight is 827 g/mol. The van der Waals surface area contributed by atoms with Crippen LogP contribution in [-0.4, -0.2) is 150 Å². The summed E-state index contributed by atoms with van der Waals surface area (Å²) in [4.78, 5) is 27.6. The summed E-state index contributed by atoms with van der Waals surface area (Å²) in [5.41, 5.74) is -3.34. The Kier molecular flexibility index (Phi) is 11.4. The van der Waals surface area contributed by atoms with E-state index in [1.165, 1.54) is 0 Å². The molecule has 7 aliphatic rings. The molecule has 0 aromatic heterocycles. The molecule has 0 bridgehead atoms. The highest BCUT2D eigenvalue weighted by Crippen LogP contribution is 2.76. The van der Waals surface area contributed by atoms with Gasteiger partial charge in [0, 0.05) is 5.92 Å². The predicted octanol–water partition coefficient (Wildman–Crippen LogP) is 0.352. The van der Waals surface area contributed by atoms with Gasteiger partial charge in [-0.2, -0.15) is 0 Å². The number of carboxylic acids is 1. The molecule has 5 aliphatic carbocycles. The van der Waals surface area contributed by atoms with Crippen LogP contribution in [0.5, 0.6) is 0 Å². The molecule has 2 aliphatic heterocycles. The van der Waals surface area contributed by atoms with Gasteiger partial charge in [0.1, 0.15) is 48.8 Å². The number of rotatable bonds is 7. The van der Waals surface area contributed by atoms with Crippen LogP contribution in [0.1, 0.15) is 99.3 Å². The molecule has 20 atom stereocenters. The van der Waals surface area contributed by atoms with Crippen LogP contribution in [0.2, 0.25) is 0 Å². The minimum Gasteiger partial charge on any atom is -0.481 e. The first-order valence-corrected chi connectivity index (χ1v) is 21.1. The molecule has 0 aromatic rings. The van der Waals surface area contributed by atoms with Crippen LogP contribution in [0, 0.1) is 50.2 Å². The molecule has 2 saturated heterocycles. The predicted molar refractivity (Wildman–Crippen MR) is 201 cm³/mol. The highest BCUT2D eigenvalue weighted by Gasteiger charge is 2.72. The van der Waals surface area contributed by atoms with Crippen molar-refractivity contribution in [2.75, 3.05) is 13.2 Å². The maximum absolute atomic E-state index is 14.8. The Morgan fingerprint density at radius 3 is 1.97 bits per heavy atom. The number of carbonyl (C=O) groups excluding carboxylic acids is 1. The zero-order chi connectivity index (χ0) is 42.7. The molecule has 2 heterocycles. The number of fused-ring (bicyclic) bond motifs is 7. The topological polar surface area (TPSA) is 273 Å². The Hall–Kier alpha value is -1.80. The first kappa shape index (κ1) is 44.3. The lowest BCUT2D eigenvalue weighted by Gasteiger charge is -2.71. The third-order valence-corrected chi connectivity index (χ3v) is 17.5. The van der Waals surface area contributed by atoms with Crippen molar-refractivity contribution in [3.8, 4) is 0 Å². The summed E-state index contributed by atoms with van der Waals surface area (Å²) in [6, 6.07) is 0. The van der Waals surface area contributed by atoms with Crippen LogP contribution >= 0.6 is 0 Å². The van der Waals surface area contributed by atoms with Gasteiger partial charge >= 0.3 is 11.9 Å². The van der Waals surface area contributed by atoms with Gasteiger partial charge in [0.05, 0.1) is 36.3 Å². The number of carboxylic acid groups (broad SMARTS) is 1. The van der Waals surface area contributed by atoms with Crippen molar-refractivity contribution in [2.45, 2.75) is 173 Å². The molecular weight excluding hydrogens is 760 g/mol. The number of aliphatic carboxylic acids is 1. The lowest BCUT2D eigenvalue weighted by atomic mass is 9.33. The average Bonchev–Trinajstić information content (AvgIpc) is 3.17. The van der Waals surface area contributed by atoms with Gasteiger partial charge in [-0.15, -0.1) is 0 Å². The monoisotopic (exact) mass is 826 g/mol. The molecule has 7 rings (SSSR count). The van der Waals surface area contributed by atoms with Gasteiger partial charge in [0.25, 0.3) is 0 Å². The summed E-state index contributed by atoms with van der Waals surface area (Å²) in [5, 5.41) is 107. The number of carbonyl (C=O) groups is 2. The van der Waals surface area contributed by atoms with Gasteiger partial charge in [-0.1, -0.05) is 46.3 Å². The van der Waals surface area contributed by atoms with Crippen LogP contribution < -0.4 is 0 Å². The molecule has 0 amide bonds. The Bertz CT molecular complexity index is 1620. The number of hydrogen-bond acceptors (Lipinski definition) is 15. The minimum absolute atomic E-state index is 0.0766. The molecule has 330 valence electrons. The zero-order valence-electron chi connectivity index (χ0n) is 34.4. The zero-order valence-corrected chi connectivity index (χ0v) is 34.4. The molecule has 0 aromatic carbocycles. The molecule has 6 fully saturated rings. The van der Waals surface area contributed by atoms with Crippen LogP contribution in [0.15, 0.2) is 11.6 Å². The molecule has 4 saturated carbocycles. The Labute approximate surface area is 339 Å². The lowest BCUT2D eigenvalue weighted by molar-refractivity contribution is -0.328. The first-order chi connectivity index (χ1) is 27.0. The molecule has 0 radical (unpaired) electrons. The van der Waals surface area contributed by atoms with Crippen LogP contribution in [0.3, 0.4) is 0 Å². The smallest absolute Gasteiger partial charge is 0.315 e. The highest BCUT2D eigenvalue weighted by atomic mass is 16.7. The van der Waals surface area contributed by atoms with Gasteiger partial charge in [-0.05, 0) is 98.2 Å². The van der Waals surface area contributed by atoms with Crippen molar-refractivity contribution in [1.82, 2.24) is 0 Å². The van der Waals surface area contributed by atoms with Gasteiger partial charge in [0.2, 0.25) is 6.29 Å². The normalized spacial score (nSPS) is 53.8. The summed E-state index contributed by atoms with van der Waals surface area (Å²) in [5.74, 6) is -2.54. The van der Waals surface area contributed by atoms with E-state index in [9.17, 15) is 60.7 Å². The molecule has 58 heavy (non-hydrogen) atoms. The molecule has 0 spiro atoms. The maximum Gasteiger partial charge on any atom is 0.315 e. The fourth-order valence-corrected chi connectivity index (χ4v) is 13.3. The van der Waals surface area contributed by atoms with E-state index in [1.54, 1.807) is 6.92 Å². The fraction of sp³-hybridized carbons (Fsp3) is 0.905. The second kappa shape index (κ2) is 14.9. The van der Waals surface area contributed by atoms with Gasteiger partial charge in [0.15, 0.2) is 6.29 Å². The van der Waals surface area contributed by atoms with Crippen molar-refractivity contribution < 1.29 is 79.6 Å². The van der Waals surface area contributed by atoms with E-state index in [0.29, 0.717) is 57.8 Å². The van der Waals surface area contributed by atoms with Crippen molar-refractivity contribution in [3.63, 3.8) is 0 Å². The van der Waals surface area contributed by atoms with Crippen molar-refractivity contribution in [1.29, 1.82) is 0 Å². The SMILES string of the molecule is CC1(C)CCC2(C(=O)OC3OC(COC4OC(CO)C(O)C(O)C4O)C(O)C(O)C3O)CCC3(C)C(=CCC4C5(C)CCC(O)C(C)(C(=O)O)C5CCC43C)C2C1O. The van der Waals surface area contributed by atoms with E-state index in [2.05, 4.69) is 26.8 Å². The number of hydrogen-bond donors (Lipinski definition) is 10. The third kappa shape index (κ3) is 6.21. The van der Waals surface area contributed by atoms with E-state index in [1.807, 2.05) is 13.8 Å². The van der Waals surface area contributed by atoms with Crippen LogP contribution in [-0.2, 0) is 28.5 Å². The summed E-state index contributed by atoms with van der Waals surface area (Å²) >= 11 is 0. The summed E-state index contributed by atoms with van der Waals surface area (Å²) < 4.78 is 22.8. The van der Waals surface area contributed by atoms with Gasteiger partial charge in [-0.3, -0.25) is 9.59 Å². The van der Waals surface area contributed by atoms with E-state index in [-0.39, 0.29) is 22.7 Å². The second-order valence-electron chi connectivity index (χ2n) is 20.5. The highest BCUT2D eigenvalue weighted by molar-refractivity contribution is 5.79. The number of allylic oxidation sites excluding steroid dienone is 1. The molecule has 16 heteroatoms. The molecule has 16 nitrogen and oxygen atoms in total. The number of esters is 1. The van der Waals surface area contributed by atoms with Crippen LogP contribution in [0.4, 0.5) is 0 Å². The summed E-state index contributed by atoms with van der Waals surface area (Å²) in [6.07, 6.45) is -11.6. The summed E-state index contributed by atoms with van der Waals surface area (Å²) in [6.45, 7) is 11.1. The quantitative estimate of drug-likeness (QED) is 0.123. The summed E-state index contributed by atoms with van der Waals surface area (Å²) in [7, 11) is 0. The van der Waals surface area contributed by atoms with Crippen LogP contribution in [0.25, 0.3) is 0 Å². The molecular formula is C42H66O16. The maximum atomic E-state index is 14.8. The number of aliphatic hydroxyl groups excluding tert-OH is 9. The van der Waals surface area contributed by atoms with E-state index >= 15 is 0 Å². The number of aliphatic hydroxyl groups is 9. The Morgan fingerprint density at radius 2 is 1.33 bits per heavy atom. The van der Waals surface area contributed by atoms with Crippen molar-refractivity contribution >= 4 is 11.9 Å². The second-order valence-corrected chi connectivity index (χ2v) is 20.5. The van der Waals surface area contributed by atoms with Gasteiger partial charge in [-0.25, -0.2) is 0 Å². The third-order valence-electron chi connectivity index (χ3n) is 17.5. The van der Waals surface area contributed by atoms with Gasteiger partial charge < -0.3 is 70.0 Å². The first-order valence-electron chi connectivity index (χ1n) is 21.1. The largest absolute Gasteiger partial charge is 0.481 e.